The molecule has 0 saturated heterocycles. The first kappa shape index (κ1) is 14.0. The molecular formula is C10H17N3O3S. The molecule has 0 spiro atoms. The van der Waals surface area contributed by atoms with Crippen LogP contribution in [0, 0.1) is 6.92 Å². The minimum atomic E-state index is -0.761. The number of ether oxygens (including phenoxy) is 1. The van der Waals surface area contributed by atoms with E-state index in [0.29, 0.717) is 23.5 Å². The number of rotatable bonds is 6. The summed E-state index contributed by atoms with van der Waals surface area (Å²) in [4.78, 5) is 11.8. The molecule has 0 amide bonds. The molecule has 7 heteroatoms. The van der Waals surface area contributed by atoms with Gasteiger partial charge in [-0.3, -0.25) is 4.79 Å². The van der Waals surface area contributed by atoms with Gasteiger partial charge in [0.1, 0.15) is 5.54 Å². The summed E-state index contributed by atoms with van der Waals surface area (Å²) in [6, 6.07) is 0. The minimum absolute atomic E-state index is 0.286. The standard InChI is InChI=1S/C10H17N3O3S/c1-5-15-8(14)10(3,11-4)6-17-9-13-12-7(2)16-9/h11H,5-6H2,1-4H3. The molecule has 0 fully saturated rings. The van der Waals surface area contributed by atoms with E-state index in [0.717, 1.165) is 0 Å². The molecule has 0 bridgehead atoms. The van der Waals surface area contributed by atoms with Crippen LogP contribution in [0.25, 0.3) is 0 Å². The second-order valence-electron chi connectivity index (χ2n) is 3.68. The highest BCUT2D eigenvalue weighted by Gasteiger charge is 2.33. The monoisotopic (exact) mass is 259 g/mol. The van der Waals surface area contributed by atoms with Crippen LogP contribution in [0.1, 0.15) is 19.7 Å². The van der Waals surface area contributed by atoms with Crippen LogP contribution in [0.3, 0.4) is 0 Å². The van der Waals surface area contributed by atoms with Crippen LogP contribution in [0.5, 0.6) is 0 Å². The maximum atomic E-state index is 11.8. The first-order chi connectivity index (χ1) is 8.01. The van der Waals surface area contributed by atoms with Crippen molar-refractivity contribution >= 4 is 17.7 Å². The number of hydrogen-bond donors (Lipinski definition) is 1. The number of aryl methyl sites for hydroxylation is 1. The van der Waals surface area contributed by atoms with Gasteiger partial charge in [0.2, 0.25) is 5.89 Å². The van der Waals surface area contributed by atoms with E-state index in [4.69, 9.17) is 9.15 Å². The fourth-order valence-corrected chi connectivity index (χ4v) is 2.02. The van der Waals surface area contributed by atoms with Crippen molar-refractivity contribution in [1.29, 1.82) is 0 Å². The predicted octanol–water partition coefficient (Wildman–Crippen LogP) is 1.01. The molecule has 1 aromatic heterocycles. The summed E-state index contributed by atoms with van der Waals surface area (Å²) in [5, 5.41) is 11.0. The Morgan fingerprint density at radius 2 is 2.29 bits per heavy atom. The minimum Gasteiger partial charge on any atom is -0.465 e. The first-order valence-corrected chi connectivity index (χ1v) is 6.29. The first-order valence-electron chi connectivity index (χ1n) is 5.31. The Labute approximate surface area is 105 Å². The number of thioether (sulfide) groups is 1. The third-order valence-corrected chi connectivity index (χ3v) is 3.40. The third kappa shape index (κ3) is 3.71. The lowest BCUT2D eigenvalue weighted by Gasteiger charge is -2.25. The van der Waals surface area contributed by atoms with Gasteiger partial charge in [0.25, 0.3) is 5.22 Å². The van der Waals surface area contributed by atoms with Crippen LogP contribution in [0.15, 0.2) is 9.64 Å². The molecule has 0 saturated carbocycles. The highest BCUT2D eigenvalue weighted by atomic mass is 32.2. The van der Waals surface area contributed by atoms with Crippen molar-refractivity contribution in [3.63, 3.8) is 0 Å². The quantitative estimate of drug-likeness (QED) is 0.603. The van der Waals surface area contributed by atoms with Crippen LogP contribution in [0.4, 0.5) is 0 Å². The summed E-state index contributed by atoms with van der Waals surface area (Å²) in [5.41, 5.74) is -0.761. The second-order valence-corrected chi connectivity index (χ2v) is 4.60. The molecule has 1 unspecified atom stereocenters. The maximum absolute atomic E-state index is 11.8. The lowest BCUT2D eigenvalue weighted by molar-refractivity contribution is -0.149. The van der Waals surface area contributed by atoms with E-state index < -0.39 is 5.54 Å². The van der Waals surface area contributed by atoms with Gasteiger partial charge in [-0.2, -0.15) is 0 Å². The van der Waals surface area contributed by atoms with Crippen molar-refractivity contribution in [3.05, 3.63) is 5.89 Å². The van der Waals surface area contributed by atoms with E-state index in [2.05, 4.69) is 15.5 Å². The van der Waals surface area contributed by atoms with E-state index >= 15 is 0 Å². The molecule has 0 aliphatic carbocycles. The molecule has 1 heterocycles. The fraction of sp³-hybridized carbons (Fsp3) is 0.700. The Hall–Kier alpha value is -1.08. The van der Waals surface area contributed by atoms with Gasteiger partial charge in [0, 0.05) is 12.7 Å². The van der Waals surface area contributed by atoms with Gasteiger partial charge in [-0.25, -0.2) is 0 Å². The summed E-state index contributed by atoms with van der Waals surface area (Å²) < 4.78 is 10.2. The van der Waals surface area contributed by atoms with E-state index in [9.17, 15) is 4.79 Å². The molecule has 17 heavy (non-hydrogen) atoms. The Morgan fingerprint density at radius 1 is 1.59 bits per heavy atom. The van der Waals surface area contributed by atoms with Crippen molar-refractivity contribution in [2.45, 2.75) is 31.5 Å². The lowest BCUT2D eigenvalue weighted by Crippen LogP contribution is -2.50. The van der Waals surface area contributed by atoms with Gasteiger partial charge in [-0.05, 0) is 20.9 Å². The molecule has 1 N–H and O–H groups in total. The van der Waals surface area contributed by atoms with E-state index in [1.165, 1.54) is 11.8 Å². The molecule has 0 radical (unpaired) electrons. The topological polar surface area (TPSA) is 77.2 Å². The number of carbonyl (C=O) groups is 1. The summed E-state index contributed by atoms with van der Waals surface area (Å²) in [7, 11) is 1.72. The average molecular weight is 259 g/mol. The van der Waals surface area contributed by atoms with Crippen LogP contribution in [-0.2, 0) is 9.53 Å². The van der Waals surface area contributed by atoms with E-state index in [1.54, 1.807) is 27.8 Å². The van der Waals surface area contributed by atoms with Crippen molar-refractivity contribution in [2.24, 2.45) is 0 Å². The van der Waals surface area contributed by atoms with Gasteiger partial charge in [0.15, 0.2) is 0 Å². The average Bonchev–Trinajstić information content (AvgIpc) is 2.72. The van der Waals surface area contributed by atoms with Crippen molar-refractivity contribution in [2.75, 3.05) is 19.4 Å². The number of likely N-dealkylation sites (N-methyl/N-ethyl adjacent to an activating group) is 1. The lowest BCUT2D eigenvalue weighted by atomic mass is 10.1. The molecular weight excluding hydrogens is 242 g/mol. The Kier molecular flexibility index (Phi) is 4.95. The molecule has 0 aliphatic rings. The number of hydrogen-bond acceptors (Lipinski definition) is 7. The zero-order valence-electron chi connectivity index (χ0n) is 10.4. The van der Waals surface area contributed by atoms with E-state index in [-0.39, 0.29) is 5.97 Å². The van der Waals surface area contributed by atoms with Gasteiger partial charge in [-0.1, -0.05) is 11.8 Å². The summed E-state index contributed by atoms with van der Waals surface area (Å²) in [5.74, 6) is 0.685. The normalized spacial score (nSPS) is 14.4. The third-order valence-electron chi connectivity index (χ3n) is 2.27. The Morgan fingerprint density at radius 3 is 2.76 bits per heavy atom. The fourth-order valence-electron chi connectivity index (χ4n) is 1.07. The zero-order valence-corrected chi connectivity index (χ0v) is 11.3. The van der Waals surface area contributed by atoms with Crippen LogP contribution in [0.2, 0.25) is 0 Å². The SMILES string of the molecule is CCOC(=O)C(C)(CSc1nnc(C)o1)NC. The zero-order chi connectivity index (χ0) is 12.9. The number of esters is 1. The smallest absolute Gasteiger partial charge is 0.326 e. The number of carbonyl (C=O) groups excluding carboxylic acids is 1. The predicted molar refractivity (Wildman–Crippen MR) is 63.9 cm³/mol. The highest BCUT2D eigenvalue weighted by molar-refractivity contribution is 7.99. The molecule has 1 atom stereocenters. The molecule has 0 aromatic carbocycles. The number of aromatic nitrogens is 2. The maximum Gasteiger partial charge on any atom is 0.326 e. The number of nitrogens with zero attached hydrogens (tertiary/aromatic N) is 2. The van der Waals surface area contributed by atoms with Gasteiger partial charge < -0.3 is 14.5 Å². The highest BCUT2D eigenvalue weighted by Crippen LogP contribution is 2.22. The van der Waals surface area contributed by atoms with Gasteiger partial charge in [-0.15, -0.1) is 10.2 Å². The summed E-state index contributed by atoms with van der Waals surface area (Å²) in [6.07, 6.45) is 0. The largest absolute Gasteiger partial charge is 0.465 e. The molecule has 96 valence electrons. The van der Waals surface area contributed by atoms with Crippen molar-refractivity contribution < 1.29 is 13.9 Å². The molecule has 1 aromatic rings. The molecule has 1 rings (SSSR count). The van der Waals surface area contributed by atoms with Crippen molar-refractivity contribution in [1.82, 2.24) is 15.5 Å². The molecule has 0 aliphatic heterocycles. The van der Waals surface area contributed by atoms with E-state index in [1.807, 2.05) is 0 Å². The summed E-state index contributed by atoms with van der Waals surface area (Å²) >= 11 is 1.32. The van der Waals surface area contributed by atoms with Crippen LogP contribution >= 0.6 is 11.8 Å². The van der Waals surface area contributed by atoms with Gasteiger partial charge in [0.05, 0.1) is 6.61 Å². The second kappa shape index (κ2) is 6.02. The Bertz CT molecular complexity index is 383. The summed E-state index contributed by atoms with van der Waals surface area (Å²) in [6.45, 7) is 5.64. The Balaban J connectivity index is 2.59. The van der Waals surface area contributed by atoms with Crippen LogP contribution in [-0.4, -0.2) is 41.1 Å². The molecule has 6 nitrogen and oxygen atoms in total. The van der Waals surface area contributed by atoms with Crippen molar-refractivity contribution in [3.8, 4) is 0 Å². The number of nitrogens with one attached hydrogen (secondary N) is 1. The van der Waals surface area contributed by atoms with Crippen LogP contribution < -0.4 is 5.32 Å². The van der Waals surface area contributed by atoms with Gasteiger partial charge >= 0.3 is 5.97 Å².